The highest BCUT2D eigenvalue weighted by Crippen LogP contribution is 2.23. The van der Waals surface area contributed by atoms with Crippen molar-refractivity contribution >= 4 is 22.8 Å². The summed E-state index contributed by atoms with van der Waals surface area (Å²) in [6.45, 7) is 5.26. The number of rotatable bonds is 8. The van der Waals surface area contributed by atoms with E-state index >= 15 is 0 Å². The number of carbonyl (C=O) groups excluding carboxylic acids is 2. The van der Waals surface area contributed by atoms with Gasteiger partial charge in [0.15, 0.2) is 6.10 Å². The van der Waals surface area contributed by atoms with Crippen LogP contribution >= 0.6 is 0 Å². The van der Waals surface area contributed by atoms with Crippen LogP contribution in [0.5, 0.6) is 5.75 Å². The van der Waals surface area contributed by atoms with Crippen molar-refractivity contribution in [3.63, 3.8) is 0 Å². The van der Waals surface area contributed by atoms with E-state index in [0.717, 1.165) is 10.9 Å². The summed E-state index contributed by atoms with van der Waals surface area (Å²) in [4.78, 5) is 34.8. The molecule has 1 heterocycles. The van der Waals surface area contributed by atoms with Gasteiger partial charge in [0.1, 0.15) is 11.3 Å². The molecule has 26 heavy (non-hydrogen) atoms. The van der Waals surface area contributed by atoms with E-state index in [4.69, 9.17) is 9.15 Å². The maximum Gasteiger partial charge on any atom is 0.336 e. The molecule has 0 saturated carbocycles. The lowest BCUT2D eigenvalue weighted by Gasteiger charge is -2.22. The summed E-state index contributed by atoms with van der Waals surface area (Å²) in [5, 5.41) is 14.2. The number of hydrogen-bond donors (Lipinski definition) is 1. The van der Waals surface area contributed by atoms with Crippen molar-refractivity contribution in [1.29, 1.82) is 0 Å². The second kappa shape index (κ2) is 8.51. The average molecular weight is 360 g/mol. The van der Waals surface area contributed by atoms with Crippen LogP contribution in [0.2, 0.25) is 0 Å². The second-order valence-corrected chi connectivity index (χ2v) is 6.03. The molecule has 0 spiro atoms. The molecule has 7 nitrogen and oxygen atoms in total. The van der Waals surface area contributed by atoms with Crippen LogP contribution in [0.15, 0.2) is 33.5 Å². The molecule has 140 valence electrons. The monoisotopic (exact) mass is 360 g/mol. The predicted molar refractivity (Wildman–Crippen MR) is 93.8 cm³/mol. The first-order valence-electron chi connectivity index (χ1n) is 8.60. The number of amides is 1. The second-order valence-electron chi connectivity index (χ2n) is 6.03. The summed E-state index contributed by atoms with van der Waals surface area (Å²) in [6.07, 6.45) is 0.634. The lowest BCUT2D eigenvalue weighted by atomic mass is 10.1. The van der Waals surface area contributed by atoms with Gasteiger partial charge in [-0.25, -0.2) is 4.79 Å². The Morgan fingerprint density at radius 1 is 1.27 bits per heavy atom. The molecule has 1 aromatic carbocycles. The molecule has 2 aromatic rings. The third-order valence-electron chi connectivity index (χ3n) is 4.04. The van der Waals surface area contributed by atoms with Crippen LogP contribution in [0, 0.1) is 0 Å². The molecule has 2 rings (SSSR count). The standard InChI is InChI=1S/C19H23NO6/c1-4-6-15(19(23)24)20-18(22)11(3)25-13-7-8-14-12(5-2)9-17(21)26-16(14)10-13/h7-11,15H,4-6H2,1-3H3,(H,20,22)(H,23,24)/p-1/t11-,15-/m0/s1. The zero-order chi connectivity index (χ0) is 19.3. The van der Waals surface area contributed by atoms with Crippen molar-refractivity contribution in [2.75, 3.05) is 0 Å². The molecule has 1 amide bonds. The van der Waals surface area contributed by atoms with Gasteiger partial charge in [0, 0.05) is 17.5 Å². The third kappa shape index (κ3) is 4.62. The third-order valence-corrected chi connectivity index (χ3v) is 4.04. The molecule has 0 unspecified atom stereocenters. The molecule has 0 fully saturated rings. The molecular weight excluding hydrogens is 338 g/mol. The molecule has 0 saturated heterocycles. The first-order valence-corrected chi connectivity index (χ1v) is 8.60. The molecule has 1 N–H and O–H groups in total. The number of aliphatic carboxylic acids is 1. The first-order chi connectivity index (χ1) is 12.3. The van der Waals surface area contributed by atoms with Gasteiger partial charge in [-0.15, -0.1) is 0 Å². The van der Waals surface area contributed by atoms with Crippen molar-refractivity contribution in [3.8, 4) is 5.75 Å². The number of ether oxygens (including phenoxy) is 1. The van der Waals surface area contributed by atoms with Gasteiger partial charge < -0.3 is 24.4 Å². The van der Waals surface area contributed by atoms with Gasteiger partial charge in [-0.3, -0.25) is 4.79 Å². The van der Waals surface area contributed by atoms with Crippen LogP contribution in [0.3, 0.4) is 0 Å². The number of carbonyl (C=O) groups is 2. The fourth-order valence-electron chi connectivity index (χ4n) is 2.66. The Bertz CT molecular complexity index is 857. The predicted octanol–water partition coefficient (Wildman–Crippen LogP) is 1.16. The SMILES string of the molecule is CCC[C@H](NC(=O)[C@H](C)Oc1ccc2c(CC)cc(=O)oc2c1)C(=O)[O-]. The Morgan fingerprint density at radius 2 is 2.00 bits per heavy atom. The quantitative estimate of drug-likeness (QED) is 0.708. The van der Waals surface area contributed by atoms with Gasteiger partial charge in [-0.1, -0.05) is 20.3 Å². The highest BCUT2D eigenvalue weighted by atomic mass is 16.5. The molecule has 0 aliphatic heterocycles. The van der Waals surface area contributed by atoms with E-state index in [2.05, 4.69) is 5.32 Å². The van der Waals surface area contributed by atoms with E-state index in [-0.39, 0.29) is 6.42 Å². The van der Waals surface area contributed by atoms with E-state index in [9.17, 15) is 19.5 Å². The molecule has 0 aliphatic rings. The number of carboxylic acids is 1. The molecule has 7 heteroatoms. The van der Waals surface area contributed by atoms with Crippen LogP contribution in [0.1, 0.15) is 39.2 Å². The average Bonchev–Trinajstić information content (AvgIpc) is 2.59. The Kier molecular flexibility index (Phi) is 6.38. The number of fused-ring (bicyclic) bond motifs is 1. The lowest BCUT2D eigenvalue weighted by molar-refractivity contribution is -0.308. The molecule has 0 bridgehead atoms. The topological polar surface area (TPSA) is 109 Å². The van der Waals surface area contributed by atoms with Crippen molar-refractivity contribution in [3.05, 3.63) is 40.2 Å². The Morgan fingerprint density at radius 3 is 2.62 bits per heavy atom. The number of aryl methyl sites for hydroxylation is 1. The maximum absolute atomic E-state index is 12.2. The van der Waals surface area contributed by atoms with E-state index in [1.165, 1.54) is 13.0 Å². The maximum atomic E-state index is 12.2. The normalized spacial score (nSPS) is 13.2. The minimum Gasteiger partial charge on any atom is -0.548 e. The van der Waals surface area contributed by atoms with Crippen molar-refractivity contribution in [1.82, 2.24) is 5.32 Å². The zero-order valence-corrected chi connectivity index (χ0v) is 15.0. The van der Waals surface area contributed by atoms with Crippen molar-refractivity contribution in [2.24, 2.45) is 0 Å². The van der Waals surface area contributed by atoms with Crippen molar-refractivity contribution < 1.29 is 23.8 Å². The highest BCUT2D eigenvalue weighted by Gasteiger charge is 2.19. The van der Waals surface area contributed by atoms with Gasteiger partial charge in [0.2, 0.25) is 0 Å². The largest absolute Gasteiger partial charge is 0.548 e. The molecule has 0 radical (unpaired) electrons. The van der Waals surface area contributed by atoms with Crippen LogP contribution < -0.4 is 20.8 Å². The zero-order valence-electron chi connectivity index (χ0n) is 15.0. The highest BCUT2D eigenvalue weighted by molar-refractivity contribution is 5.86. The van der Waals surface area contributed by atoms with E-state index < -0.39 is 29.6 Å². The molecule has 0 aliphatic carbocycles. The summed E-state index contributed by atoms with van der Waals surface area (Å²) in [6, 6.07) is 5.38. The minimum atomic E-state index is -1.33. The molecule has 2 atom stereocenters. The summed E-state index contributed by atoms with van der Waals surface area (Å²) >= 11 is 0. The summed E-state index contributed by atoms with van der Waals surface area (Å²) in [5.41, 5.74) is 0.789. The molecular formula is C19H22NO6-. The number of nitrogens with one attached hydrogen (secondary N) is 1. The molecule has 1 aromatic heterocycles. The fourth-order valence-corrected chi connectivity index (χ4v) is 2.66. The number of hydrogen-bond acceptors (Lipinski definition) is 6. The van der Waals surface area contributed by atoms with Crippen LogP contribution in [0.25, 0.3) is 11.0 Å². The van der Waals surface area contributed by atoms with Gasteiger partial charge in [0.25, 0.3) is 5.91 Å². The van der Waals surface area contributed by atoms with E-state index in [1.54, 1.807) is 18.2 Å². The number of carboxylic acid groups (broad SMARTS) is 1. The summed E-state index contributed by atoms with van der Waals surface area (Å²) in [5.74, 6) is -1.54. The van der Waals surface area contributed by atoms with Crippen LogP contribution in [0.4, 0.5) is 0 Å². The van der Waals surface area contributed by atoms with Gasteiger partial charge in [-0.05, 0) is 37.5 Å². The fraction of sp³-hybridized carbons (Fsp3) is 0.421. The Labute approximate surface area is 151 Å². The lowest BCUT2D eigenvalue weighted by Crippen LogP contribution is -2.51. The van der Waals surface area contributed by atoms with E-state index in [1.807, 2.05) is 13.8 Å². The van der Waals surface area contributed by atoms with Crippen molar-refractivity contribution in [2.45, 2.75) is 52.2 Å². The van der Waals surface area contributed by atoms with Crippen LogP contribution in [-0.2, 0) is 16.0 Å². The first kappa shape index (κ1) is 19.5. The summed E-state index contributed by atoms with van der Waals surface area (Å²) in [7, 11) is 0. The van der Waals surface area contributed by atoms with Crippen LogP contribution in [-0.4, -0.2) is 24.0 Å². The minimum absolute atomic E-state index is 0.279. The smallest absolute Gasteiger partial charge is 0.336 e. The number of benzene rings is 1. The van der Waals surface area contributed by atoms with Gasteiger partial charge in [-0.2, -0.15) is 0 Å². The van der Waals surface area contributed by atoms with E-state index in [0.29, 0.717) is 24.2 Å². The van der Waals surface area contributed by atoms with Gasteiger partial charge in [0.05, 0.1) is 12.0 Å². The summed E-state index contributed by atoms with van der Waals surface area (Å²) < 4.78 is 10.8. The Balaban J connectivity index is 2.15. The van der Waals surface area contributed by atoms with Gasteiger partial charge >= 0.3 is 5.63 Å². The Hall–Kier alpha value is -2.83.